The number of fused-ring (bicyclic) bond motifs is 3. The second kappa shape index (κ2) is 8.37. The van der Waals surface area contributed by atoms with E-state index >= 15 is 0 Å². The first kappa shape index (κ1) is 21.2. The number of nitrogens with zero attached hydrogens (tertiary/aromatic N) is 7. The van der Waals surface area contributed by atoms with Crippen molar-refractivity contribution in [2.24, 2.45) is 7.05 Å². The summed E-state index contributed by atoms with van der Waals surface area (Å²) >= 11 is 0. The average Bonchev–Trinajstić information content (AvgIpc) is 3.12. The fourth-order valence-electron chi connectivity index (χ4n) is 4.58. The van der Waals surface area contributed by atoms with Gasteiger partial charge in [-0.25, -0.2) is 23.7 Å². The van der Waals surface area contributed by atoms with E-state index in [9.17, 15) is 14.0 Å². The molecule has 1 aliphatic heterocycles. The highest BCUT2D eigenvalue weighted by atomic mass is 19.2. The molecule has 168 valence electrons. The van der Waals surface area contributed by atoms with Crippen LogP contribution in [-0.2, 0) is 13.5 Å². The van der Waals surface area contributed by atoms with E-state index in [2.05, 4.69) is 30.8 Å². The van der Waals surface area contributed by atoms with Gasteiger partial charge in [-0.15, -0.1) is 0 Å². The molecule has 1 saturated heterocycles. The van der Waals surface area contributed by atoms with Crippen LogP contribution in [0.3, 0.4) is 0 Å². The molecule has 0 N–H and O–H groups in total. The molecular weight excluding hydrogens is 424 g/mol. The van der Waals surface area contributed by atoms with E-state index in [0.717, 1.165) is 71.7 Å². The quantitative estimate of drug-likeness (QED) is 0.478. The van der Waals surface area contributed by atoms with Crippen molar-refractivity contribution in [2.75, 3.05) is 37.6 Å². The maximum Gasteiger partial charge on any atom is 0.159 e. The van der Waals surface area contributed by atoms with Crippen molar-refractivity contribution in [3.63, 3.8) is 0 Å². The lowest BCUT2D eigenvalue weighted by atomic mass is 10.1. The lowest BCUT2D eigenvalue weighted by Crippen LogP contribution is -2.47. The first-order chi connectivity index (χ1) is 16.0. The van der Waals surface area contributed by atoms with Crippen LogP contribution in [0.5, 0.6) is 0 Å². The highest BCUT2D eigenvalue weighted by Gasteiger charge is 2.24. The number of hydrogen-bond acceptors (Lipinski definition) is 6. The summed E-state index contributed by atoms with van der Waals surface area (Å²) in [6.07, 6.45) is 3.94. The minimum absolute atomic E-state index is 0.595. The number of benzene rings is 1. The Labute approximate surface area is 189 Å². The number of piperazine rings is 1. The van der Waals surface area contributed by atoms with E-state index in [1.165, 1.54) is 12.1 Å². The molecule has 0 spiro atoms. The van der Waals surface area contributed by atoms with Crippen LogP contribution in [0.2, 0.25) is 0 Å². The predicted octanol–water partition coefficient (Wildman–Crippen LogP) is 3.34. The minimum Gasteiger partial charge on any atom is -0.352 e. The van der Waals surface area contributed by atoms with Crippen LogP contribution in [0.4, 0.5) is 14.6 Å². The molecule has 0 bridgehead atoms. The zero-order chi connectivity index (χ0) is 23.1. The van der Waals surface area contributed by atoms with E-state index < -0.39 is 11.6 Å². The van der Waals surface area contributed by atoms with Crippen LogP contribution in [-0.4, -0.2) is 57.1 Å². The number of halogens is 2. The first-order valence-electron chi connectivity index (χ1n) is 10.9. The van der Waals surface area contributed by atoms with Crippen molar-refractivity contribution < 1.29 is 8.78 Å². The Morgan fingerprint density at radius 1 is 1.06 bits per heavy atom. The van der Waals surface area contributed by atoms with Gasteiger partial charge in [0, 0.05) is 46.0 Å². The maximum atomic E-state index is 13.5. The smallest absolute Gasteiger partial charge is 0.159 e. The highest BCUT2D eigenvalue weighted by molar-refractivity contribution is 6.10. The van der Waals surface area contributed by atoms with Gasteiger partial charge in [-0.1, -0.05) is 6.07 Å². The molecule has 0 saturated carbocycles. The third kappa shape index (κ3) is 3.66. The third-order valence-electron chi connectivity index (χ3n) is 6.43. The van der Waals surface area contributed by atoms with E-state index in [-0.39, 0.29) is 0 Å². The number of pyridine rings is 1. The fraction of sp³-hybridized carbons (Fsp3) is 0.333. The molecular formula is C24H23F2N7. The molecule has 0 unspecified atom stereocenters. The number of anilines is 1. The summed E-state index contributed by atoms with van der Waals surface area (Å²) in [4.78, 5) is 18.2. The number of rotatable bonds is 4. The zero-order valence-corrected chi connectivity index (χ0v) is 18.5. The fourth-order valence-corrected chi connectivity index (χ4v) is 4.58. The molecule has 9 heteroatoms. The summed E-state index contributed by atoms with van der Waals surface area (Å²) in [5.41, 5.74) is 4.55. The average molecular weight is 447 g/mol. The highest BCUT2D eigenvalue weighted by Crippen LogP contribution is 2.33. The van der Waals surface area contributed by atoms with Gasteiger partial charge in [-0.05, 0) is 36.6 Å². The lowest BCUT2D eigenvalue weighted by molar-refractivity contribution is 0.260. The number of hydrogen-bond donors (Lipinski definition) is 0. The molecule has 33 heavy (non-hydrogen) atoms. The zero-order valence-electron chi connectivity index (χ0n) is 18.5. The lowest BCUT2D eigenvalue weighted by Gasteiger charge is -2.35. The second-order valence-electron chi connectivity index (χ2n) is 8.41. The Morgan fingerprint density at radius 3 is 2.58 bits per heavy atom. The normalized spacial score (nSPS) is 14.8. The van der Waals surface area contributed by atoms with Gasteiger partial charge in [-0.2, -0.15) is 5.26 Å². The van der Waals surface area contributed by atoms with Crippen LogP contribution in [0.1, 0.15) is 16.7 Å². The predicted molar refractivity (Wildman–Crippen MR) is 122 cm³/mol. The summed E-state index contributed by atoms with van der Waals surface area (Å²) in [6.45, 7) is 5.89. The Kier molecular flexibility index (Phi) is 5.38. The molecule has 0 atom stereocenters. The Morgan fingerprint density at radius 2 is 1.85 bits per heavy atom. The molecule has 0 radical (unpaired) electrons. The van der Waals surface area contributed by atoms with Crippen molar-refractivity contribution in [1.29, 1.82) is 5.26 Å². The molecule has 0 amide bonds. The van der Waals surface area contributed by atoms with E-state index in [0.29, 0.717) is 12.0 Å². The summed E-state index contributed by atoms with van der Waals surface area (Å²) in [5.74, 6) is -0.782. The topological polar surface area (TPSA) is 73.9 Å². The van der Waals surface area contributed by atoms with Crippen LogP contribution in [0.15, 0.2) is 30.7 Å². The molecule has 7 nitrogen and oxygen atoms in total. The molecule has 4 heterocycles. The maximum absolute atomic E-state index is 13.5. The molecule has 1 aliphatic rings. The SMILES string of the molecule is Cc1cnc2c(c1C#N)c1ncnc(N3CCN(CCc4ccc(F)c(F)c4)CC3)c1n2C. The van der Waals surface area contributed by atoms with Gasteiger partial charge in [0.2, 0.25) is 0 Å². The molecule has 4 aromatic rings. The van der Waals surface area contributed by atoms with Crippen molar-refractivity contribution in [3.05, 3.63) is 59.0 Å². The molecule has 5 rings (SSSR count). The Bertz CT molecular complexity index is 1400. The van der Waals surface area contributed by atoms with E-state index in [4.69, 9.17) is 0 Å². The van der Waals surface area contributed by atoms with Crippen LogP contribution in [0.25, 0.3) is 22.1 Å². The monoisotopic (exact) mass is 447 g/mol. The van der Waals surface area contributed by atoms with Gasteiger partial charge >= 0.3 is 0 Å². The standard InChI is InChI=1S/C24H23F2N7/c1-15-13-28-23-20(17(15)12-27)21-22(31(23)2)24(30-14-29-21)33-9-7-32(8-10-33)6-5-16-3-4-18(25)19(26)11-16/h3-4,11,13-14H,5-10H2,1-2H3. The van der Waals surface area contributed by atoms with Crippen LogP contribution >= 0.6 is 0 Å². The number of aryl methyl sites for hydroxylation is 2. The van der Waals surface area contributed by atoms with Gasteiger partial charge in [0.15, 0.2) is 17.5 Å². The summed E-state index contributed by atoms with van der Waals surface area (Å²) in [5, 5.41) is 10.5. The van der Waals surface area contributed by atoms with Gasteiger partial charge in [0.1, 0.15) is 29.1 Å². The number of aromatic nitrogens is 4. The molecule has 1 aromatic carbocycles. The van der Waals surface area contributed by atoms with Gasteiger partial charge < -0.3 is 9.47 Å². The largest absolute Gasteiger partial charge is 0.352 e. The van der Waals surface area contributed by atoms with Gasteiger partial charge in [0.05, 0.1) is 10.9 Å². The molecule has 3 aromatic heterocycles. The van der Waals surface area contributed by atoms with Crippen LogP contribution < -0.4 is 4.90 Å². The van der Waals surface area contributed by atoms with Gasteiger partial charge in [0.25, 0.3) is 0 Å². The van der Waals surface area contributed by atoms with Crippen molar-refractivity contribution in [2.45, 2.75) is 13.3 Å². The summed E-state index contributed by atoms with van der Waals surface area (Å²) < 4.78 is 28.6. The van der Waals surface area contributed by atoms with E-state index in [1.54, 1.807) is 18.6 Å². The van der Waals surface area contributed by atoms with Crippen molar-refractivity contribution >= 4 is 27.9 Å². The summed E-state index contributed by atoms with van der Waals surface area (Å²) in [6, 6.07) is 6.39. The second-order valence-corrected chi connectivity index (χ2v) is 8.41. The van der Waals surface area contributed by atoms with E-state index in [1.807, 2.05) is 18.5 Å². The summed E-state index contributed by atoms with van der Waals surface area (Å²) in [7, 11) is 1.93. The first-order valence-corrected chi connectivity index (χ1v) is 10.9. The third-order valence-corrected chi connectivity index (χ3v) is 6.43. The number of nitriles is 1. The molecule has 0 aliphatic carbocycles. The Balaban J connectivity index is 1.37. The van der Waals surface area contributed by atoms with Gasteiger partial charge in [-0.3, -0.25) is 4.90 Å². The van der Waals surface area contributed by atoms with Crippen molar-refractivity contribution in [1.82, 2.24) is 24.4 Å². The Hall–Kier alpha value is -3.64. The van der Waals surface area contributed by atoms with Crippen molar-refractivity contribution in [3.8, 4) is 6.07 Å². The molecule has 1 fully saturated rings. The van der Waals surface area contributed by atoms with Crippen LogP contribution in [0, 0.1) is 29.9 Å². The minimum atomic E-state index is -0.816.